The molecule has 7 nitrogen and oxygen atoms in total. The molecule has 0 radical (unpaired) electrons. The maximum absolute atomic E-state index is 11.7. The number of nitrogens with zero attached hydrogens (tertiary/aromatic N) is 2. The molecule has 0 aliphatic rings. The van der Waals surface area contributed by atoms with Gasteiger partial charge in [-0.1, -0.05) is 20.8 Å². The molecule has 0 aromatic carbocycles. The first-order valence-electron chi connectivity index (χ1n) is 9.87. The number of ether oxygens (including phenoxy) is 1. The number of amides is 1. The standard InChI is InChI=1S/C19H35N5O2S.HI/c1-6-16-13-22-17(27-16)9-10-21-18(20-7-2)23-12-15(11-14(4)5)24-19(25)26-8-3;/h13-15H,6-12H2,1-5H3,(H,24,25)(H2,20,21,23);1H. The number of alkyl carbamates (subject to hydrolysis) is 1. The summed E-state index contributed by atoms with van der Waals surface area (Å²) in [6, 6.07) is -0.0504. The molecule has 0 saturated heterocycles. The van der Waals surface area contributed by atoms with Crippen molar-refractivity contribution in [1.29, 1.82) is 0 Å². The Hall–Kier alpha value is -1.10. The minimum atomic E-state index is -0.383. The summed E-state index contributed by atoms with van der Waals surface area (Å²) in [5, 5.41) is 10.6. The van der Waals surface area contributed by atoms with Crippen LogP contribution >= 0.6 is 35.3 Å². The lowest BCUT2D eigenvalue weighted by Crippen LogP contribution is -2.42. The van der Waals surface area contributed by atoms with Crippen molar-refractivity contribution in [2.45, 2.75) is 59.9 Å². The molecule has 0 fully saturated rings. The number of aromatic nitrogens is 1. The second-order valence-corrected chi connectivity index (χ2v) is 7.86. The Bertz CT molecular complexity index is 580. The minimum Gasteiger partial charge on any atom is -0.450 e. The molecule has 9 heteroatoms. The lowest BCUT2D eigenvalue weighted by Gasteiger charge is -2.19. The van der Waals surface area contributed by atoms with Crippen LogP contribution < -0.4 is 16.0 Å². The van der Waals surface area contributed by atoms with Crippen LogP contribution in [0, 0.1) is 5.92 Å². The first-order chi connectivity index (χ1) is 13.0. The van der Waals surface area contributed by atoms with Gasteiger partial charge in [-0.05, 0) is 32.6 Å². The number of hydrogen-bond acceptors (Lipinski definition) is 5. The monoisotopic (exact) mass is 525 g/mol. The highest BCUT2D eigenvalue weighted by molar-refractivity contribution is 14.0. The number of guanidine groups is 1. The van der Waals surface area contributed by atoms with E-state index in [4.69, 9.17) is 4.74 Å². The van der Waals surface area contributed by atoms with Crippen molar-refractivity contribution in [3.05, 3.63) is 16.1 Å². The van der Waals surface area contributed by atoms with Crippen molar-refractivity contribution in [2.75, 3.05) is 26.2 Å². The molecule has 0 aliphatic heterocycles. The number of nitrogens with one attached hydrogen (secondary N) is 3. The van der Waals surface area contributed by atoms with E-state index in [2.05, 4.69) is 46.7 Å². The molecule has 1 aromatic rings. The Morgan fingerprint density at radius 1 is 1.29 bits per heavy atom. The summed E-state index contributed by atoms with van der Waals surface area (Å²) in [5.74, 6) is 1.21. The van der Waals surface area contributed by atoms with Crippen LogP contribution in [0.15, 0.2) is 11.2 Å². The van der Waals surface area contributed by atoms with Gasteiger partial charge in [0.25, 0.3) is 0 Å². The van der Waals surface area contributed by atoms with Crippen molar-refractivity contribution in [3.8, 4) is 0 Å². The highest BCUT2D eigenvalue weighted by atomic mass is 127. The summed E-state index contributed by atoms with van der Waals surface area (Å²) in [6.45, 7) is 12.7. The molecule has 162 valence electrons. The molecular weight excluding hydrogens is 489 g/mol. The van der Waals surface area contributed by atoms with Gasteiger partial charge in [0, 0.05) is 30.6 Å². The zero-order valence-electron chi connectivity index (χ0n) is 17.7. The molecule has 1 aromatic heterocycles. The van der Waals surface area contributed by atoms with E-state index in [1.807, 2.05) is 13.1 Å². The molecule has 1 amide bonds. The van der Waals surface area contributed by atoms with Crippen LogP contribution in [-0.4, -0.2) is 49.3 Å². The lowest BCUT2D eigenvalue weighted by molar-refractivity contribution is 0.147. The fraction of sp³-hybridized carbons (Fsp3) is 0.737. The third-order valence-corrected chi connectivity index (χ3v) is 4.95. The van der Waals surface area contributed by atoms with Gasteiger partial charge in [0.15, 0.2) is 5.96 Å². The normalized spacial score (nSPS) is 12.3. The molecular formula is C19H36IN5O2S. The van der Waals surface area contributed by atoms with E-state index in [0.717, 1.165) is 43.3 Å². The Labute approximate surface area is 190 Å². The van der Waals surface area contributed by atoms with E-state index >= 15 is 0 Å². The van der Waals surface area contributed by atoms with E-state index in [1.165, 1.54) is 4.88 Å². The quantitative estimate of drug-likeness (QED) is 0.234. The predicted octanol–water partition coefficient (Wildman–Crippen LogP) is 3.58. The first kappa shape index (κ1) is 26.9. The van der Waals surface area contributed by atoms with Gasteiger partial charge in [0.05, 0.1) is 24.2 Å². The summed E-state index contributed by atoms with van der Waals surface area (Å²) in [7, 11) is 0. The number of halogens is 1. The van der Waals surface area contributed by atoms with Gasteiger partial charge in [-0.25, -0.2) is 9.78 Å². The average Bonchev–Trinajstić information content (AvgIpc) is 3.07. The van der Waals surface area contributed by atoms with Gasteiger partial charge in [0.1, 0.15) is 0 Å². The third kappa shape index (κ3) is 11.7. The Balaban J connectivity index is 0.00000729. The second kappa shape index (κ2) is 15.8. The van der Waals surface area contributed by atoms with Crippen molar-refractivity contribution in [1.82, 2.24) is 20.9 Å². The lowest BCUT2D eigenvalue weighted by atomic mass is 10.0. The van der Waals surface area contributed by atoms with Crippen LogP contribution in [0.2, 0.25) is 0 Å². The molecule has 1 atom stereocenters. The maximum atomic E-state index is 11.7. The number of thiazole rings is 1. The summed E-state index contributed by atoms with van der Waals surface area (Å²) < 4.78 is 5.00. The summed E-state index contributed by atoms with van der Waals surface area (Å²) in [4.78, 5) is 22.1. The van der Waals surface area contributed by atoms with Crippen LogP contribution in [0.4, 0.5) is 4.79 Å². The molecule has 3 N–H and O–H groups in total. The largest absolute Gasteiger partial charge is 0.450 e. The van der Waals surface area contributed by atoms with Crippen molar-refractivity contribution >= 4 is 47.4 Å². The Morgan fingerprint density at radius 2 is 2.04 bits per heavy atom. The first-order valence-corrected chi connectivity index (χ1v) is 10.7. The van der Waals surface area contributed by atoms with Crippen molar-refractivity contribution in [3.63, 3.8) is 0 Å². The molecule has 0 spiro atoms. The Morgan fingerprint density at radius 3 is 2.61 bits per heavy atom. The number of aliphatic imine (C=N–C) groups is 1. The molecule has 1 heterocycles. The van der Waals surface area contributed by atoms with Gasteiger partial charge < -0.3 is 20.7 Å². The summed E-state index contributed by atoms with van der Waals surface area (Å²) in [5.41, 5.74) is 0. The summed E-state index contributed by atoms with van der Waals surface area (Å²) >= 11 is 1.76. The van der Waals surface area contributed by atoms with E-state index < -0.39 is 0 Å². The SMILES string of the molecule is CCNC(=NCC(CC(C)C)NC(=O)OCC)NCCc1ncc(CC)s1.I. The number of carbonyl (C=O) groups excluding carboxylic acids is 1. The maximum Gasteiger partial charge on any atom is 0.407 e. The van der Waals surface area contributed by atoms with Crippen LogP contribution in [-0.2, 0) is 17.6 Å². The average molecular weight is 526 g/mol. The van der Waals surface area contributed by atoms with Gasteiger partial charge >= 0.3 is 6.09 Å². The molecule has 0 bridgehead atoms. The topological polar surface area (TPSA) is 87.6 Å². The smallest absolute Gasteiger partial charge is 0.407 e. The second-order valence-electron chi connectivity index (χ2n) is 6.66. The predicted molar refractivity (Wildman–Crippen MR) is 128 cm³/mol. The van der Waals surface area contributed by atoms with Gasteiger partial charge in [-0.15, -0.1) is 35.3 Å². The van der Waals surface area contributed by atoms with Crippen molar-refractivity contribution in [2.24, 2.45) is 10.9 Å². The Kier molecular flexibility index (Phi) is 15.2. The van der Waals surface area contributed by atoms with Crippen molar-refractivity contribution < 1.29 is 9.53 Å². The van der Waals surface area contributed by atoms with E-state index in [1.54, 1.807) is 18.3 Å². The number of carbonyl (C=O) groups is 1. The van der Waals surface area contributed by atoms with Crippen LogP contribution in [0.25, 0.3) is 0 Å². The van der Waals surface area contributed by atoms with Gasteiger partial charge in [0.2, 0.25) is 0 Å². The molecule has 1 rings (SSSR count). The summed E-state index contributed by atoms with van der Waals surface area (Å²) in [6.07, 6.45) is 4.31. The molecule has 1 unspecified atom stereocenters. The van der Waals surface area contributed by atoms with E-state index in [-0.39, 0.29) is 36.1 Å². The minimum absolute atomic E-state index is 0. The highest BCUT2D eigenvalue weighted by Gasteiger charge is 2.14. The zero-order chi connectivity index (χ0) is 20.1. The van der Waals surface area contributed by atoms with Gasteiger partial charge in [-0.2, -0.15) is 0 Å². The number of aryl methyl sites for hydroxylation is 1. The number of hydrogen-bond donors (Lipinski definition) is 3. The highest BCUT2D eigenvalue weighted by Crippen LogP contribution is 2.13. The molecule has 0 aliphatic carbocycles. The van der Waals surface area contributed by atoms with Gasteiger partial charge in [-0.3, -0.25) is 4.99 Å². The zero-order valence-corrected chi connectivity index (χ0v) is 20.9. The fourth-order valence-corrected chi connectivity index (χ4v) is 3.41. The molecule has 28 heavy (non-hydrogen) atoms. The van der Waals surface area contributed by atoms with Crippen LogP contribution in [0.3, 0.4) is 0 Å². The van der Waals surface area contributed by atoms with E-state index in [9.17, 15) is 4.79 Å². The number of rotatable bonds is 11. The molecule has 0 saturated carbocycles. The fourth-order valence-electron chi connectivity index (χ4n) is 2.55. The van der Waals surface area contributed by atoms with Crippen LogP contribution in [0.5, 0.6) is 0 Å². The van der Waals surface area contributed by atoms with Crippen LogP contribution in [0.1, 0.15) is 50.9 Å². The third-order valence-electron chi connectivity index (χ3n) is 3.75. The van der Waals surface area contributed by atoms with E-state index in [0.29, 0.717) is 19.1 Å².